The fourth-order valence-electron chi connectivity index (χ4n) is 3.16. The number of benzene rings is 2. The molecule has 1 aliphatic heterocycles. The van der Waals surface area contributed by atoms with E-state index in [1.165, 1.54) is 10.4 Å². The Hall–Kier alpha value is -1.91. The summed E-state index contributed by atoms with van der Waals surface area (Å²) < 4.78 is 11.9. The normalized spacial score (nSPS) is 20.7. The predicted octanol–water partition coefficient (Wildman–Crippen LogP) is 2.52. The third-order valence-electron chi connectivity index (χ3n) is 4.72. The molecule has 1 saturated heterocycles. The maximum absolute atomic E-state index is 12.2. The average molecular weight is 355 g/mol. The molecule has 0 radical (unpaired) electrons. The van der Waals surface area contributed by atoms with Crippen molar-refractivity contribution >= 4 is 25.4 Å². The summed E-state index contributed by atoms with van der Waals surface area (Å²) in [5, 5.41) is 2.46. The molecule has 1 heterocycles. The lowest BCUT2D eigenvalue weighted by atomic mass is 9.85. The first-order valence-corrected chi connectivity index (χ1v) is 10.5. The van der Waals surface area contributed by atoms with E-state index in [9.17, 15) is 4.79 Å². The zero-order valence-electron chi connectivity index (χ0n) is 15.1. The quantitative estimate of drug-likeness (QED) is 0.611. The van der Waals surface area contributed by atoms with Gasteiger partial charge in [-0.3, -0.25) is 4.79 Å². The molecule has 3 rings (SSSR count). The van der Waals surface area contributed by atoms with Gasteiger partial charge in [0.25, 0.3) is 0 Å². The topological polar surface area (TPSA) is 35.5 Å². The number of hydrogen-bond acceptors (Lipinski definition) is 3. The molecule has 2 atom stereocenters. The number of carbonyl (C=O) groups is 1. The van der Waals surface area contributed by atoms with Crippen LogP contribution in [0.25, 0.3) is 0 Å². The van der Waals surface area contributed by atoms with Crippen molar-refractivity contribution in [3.05, 3.63) is 60.7 Å². The van der Waals surface area contributed by atoms with Crippen molar-refractivity contribution in [1.82, 2.24) is 0 Å². The van der Waals surface area contributed by atoms with Crippen LogP contribution < -0.4 is 10.4 Å². The molecule has 1 aliphatic rings. The minimum absolute atomic E-state index is 0.0258. The van der Waals surface area contributed by atoms with Gasteiger partial charge in [0.05, 0.1) is 5.92 Å². The Labute approximate surface area is 151 Å². The van der Waals surface area contributed by atoms with E-state index in [2.05, 4.69) is 45.0 Å². The highest BCUT2D eigenvalue weighted by Crippen LogP contribution is 2.34. The lowest BCUT2D eigenvalue weighted by molar-refractivity contribution is -0.148. The van der Waals surface area contributed by atoms with Gasteiger partial charge in [-0.15, -0.1) is 0 Å². The molecule has 0 aromatic heterocycles. The smallest absolute Gasteiger partial charge is 0.311 e. The summed E-state index contributed by atoms with van der Waals surface area (Å²) in [5.74, 6) is -0.277. The zero-order valence-corrected chi connectivity index (χ0v) is 16.3. The molecule has 0 bridgehead atoms. The van der Waals surface area contributed by atoms with E-state index >= 15 is 0 Å². The fraction of sp³-hybridized carbons (Fsp3) is 0.381. The fourth-order valence-corrected chi connectivity index (χ4v) is 5.50. The Bertz CT molecular complexity index is 655. The van der Waals surface area contributed by atoms with Crippen molar-refractivity contribution in [3.63, 3.8) is 0 Å². The number of cyclic esters (lactones) is 1. The van der Waals surface area contributed by atoms with E-state index in [-0.39, 0.29) is 23.4 Å². The molecule has 2 aromatic carbocycles. The number of hydrogen-bond donors (Lipinski definition) is 0. The van der Waals surface area contributed by atoms with Gasteiger partial charge < -0.3 is 9.16 Å². The van der Waals surface area contributed by atoms with Crippen molar-refractivity contribution in [2.45, 2.75) is 33.3 Å². The monoisotopic (exact) mass is 354 g/mol. The number of ether oxygens (including phenoxy) is 1. The van der Waals surface area contributed by atoms with Crippen molar-refractivity contribution in [3.8, 4) is 0 Å². The van der Waals surface area contributed by atoms with Gasteiger partial charge in [0.2, 0.25) is 9.04 Å². The van der Waals surface area contributed by atoms with Crippen LogP contribution in [0.4, 0.5) is 0 Å². The first-order valence-electron chi connectivity index (χ1n) is 8.87. The lowest BCUT2D eigenvalue weighted by Gasteiger charge is -2.25. The third-order valence-corrected chi connectivity index (χ3v) is 7.23. The van der Waals surface area contributed by atoms with Crippen molar-refractivity contribution < 1.29 is 14.0 Å². The molecule has 1 fully saturated rings. The molecule has 1 unspecified atom stereocenters. The summed E-state index contributed by atoms with van der Waals surface area (Å²) in [6.07, 6.45) is 0.717. The second kappa shape index (κ2) is 7.54. The van der Waals surface area contributed by atoms with Crippen LogP contribution in [0, 0.1) is 11.3 Å². The van der Waals surface area contributed by atoms with Crippen LogP contribution in [-0.2, 0) is 14.0 Å². The molecular formula is C21H26O3Si. The van der Waals surface area contributed by atoms with E-state index < -0.39 is 9.04 Å². The van der Waals surface area contributed by atoms with E-state index in [0.29, 0.717) is 6.61 Å². The molecule has 0 saturated carbocycles. The van der Waals surface area contributed by atoms with Gasteiger partial charge in [-0.1, -0.05) is 81.4 Å². The first kappa shape index (κ1) is 17.9. The van der Waals surface area contributed by atoms with Gasteiger partial charge >= 0.3 is 5.97 Å². The van der Waals surface area contributed by atoms with Crippen LogP contribution in [0.2, 0.25) is 0 Å². The second-order valence-corrected chi connectivity index (χ2v) is 10.2. The molecular weight excluding hydrogens is 328 g/mol. The maximum Gasteiger partial charge on any atom is 0.311 e. The molecule has 0 N–H and O–H groups in total. The summed E-state index contributed by atoms with van der Waals surface area (Å²) in [4.78, 5) is 12.2. The van der Waals surface area contributed by atoms with E-state index in [1.807, 2.05) is 36.4 Å². The van der Waals surface area contributed by atoms with Gasteiger partial charge in [0, 0.05) is 13.0 Å². The van der Waals surface area contributed by atoms with Crippen molar-refractivity contribution in [1.29, 1.82) is 0 Å². The zero-order chi connectivity index (χ0) is 17.9. The van der Waals surface area contributed by atoms with Crippen molar-refractivity contribution in [2.75, 3.05) is 6.61 Å². The number of rotatable bonds is 5. The SMILES string of the molecule is CC(C)(C)[C@@H]1CC(CO[SiH](c2ccccc2)c2ccccc2)C(=O)O1. The standard InChI is InChI=1S/C21H26O3Si/c1-21(2,3)19-14-16(20(22)24-19)15-23-25(17-10-6-4-7-11-17)18-12-8-5-9-13-18/h4-13,16,19,25H,14-15H2,1-3H3/t16?,19-/m0/s1. The third kappa shape index (κ3) is 4.38. The first-order chi connectivity index (χ1) is 11.9. The Kier molecular flexibility index (Phi) is 5.40. The maximum atomic E-state index is 12.2. The van der Waals surface area contributed by atoms with Crippen LogP contribution in [0.1, 0.15) is 27.2 Å². The molecule has 3 nitrogen and oxygen atoms in total. The van der Waals surface area contributed by atoms with Crippen LogP contribution in [0.3, 0.4) is 0 Å². The van der Waals surface area contributed by atoms with Gasteiger partial charge in [-0.25, -0.2) is 0 Å². The predicted molar refractivity (Wildman–Crippen MR) is 103 cm³/mol. The summed E-state index contributed by atoms with van der Waals surface area (Å²) in [5.41, 5.74) is -0.0277. The highest BCUT2D eigenvalue weighted by molar-refractivity contribution is 6.80. The van der Waals surface area contributed by atoms with Gasteiger partial charge in [-0.2, -0.15) is 0 Å². The lowest BCUT2D eigenvalue weighted by Crippen LogP contribution is -2.46. The minimum Gasteiger partial charge on any atom is -0.462 e. The van der Waals surface area contributed by atoms with Crippen LogP contribution >= 0.6 is 0 Å². The van der Waals surface area contributed by atoms with E-state index in [4.69, 9.17) is 9.16 Å². The van der Waals surface area contributed by atoms with Gasteiger partial charge in [0.1, 0.15) is 6.10 Å². The van der Waals surface area contributed by atoms with E-state index in [1.54, 1.807) is 0 Å². The summed E-state index contributed by atoms with van der Waals surface area (Å²) >= 11 is 0. The van der Waals surface area contributed by atoms with Gasteiger partial charge in [-0.05, 0) is 15.8 Å². The molecule has 2 aromatic rings. The second-order valence-electron chi connectivity index (χ2n) is 7.76. The summed E-state index contributed by atoms with van der Waals surface area (Å²) in [7, 11) is -1.80. The number of carbonyl (C=O) groups excluding carboxylic acids is 1. The van der Waals surface area contributed by atoms with Crippen LogP contribution in [0.15, 0.2) is 60.7 Å². The number of esters is 1. The highest BCUT2D eigenvalue weighted by atomic mass is 28.3. The van der Waals surface area contributed by atoms with Crippen LogP contribution in [-0.4, -0.2) is 27.7 Å². The van der Waals surface area contributed by atoms with Crippen LogP contribution in [0.5, 0.6) is 0 Å². The molecule has 4 heteroatoms. The average Bonchev–Trinajstić information content (AvgIpc) is 2.98. The minimum atomic E-state index is -1.80. The Balaban J connectivity index is 1.73. The molecule has 132 valence electrons. The molecule has 0 spiro atoms. The van der Waals surface area contributed by atoms with E-state index in [0.717, 1.165) is 6.42 Å². The Morgan fingerprint density at radius 2 is 1.52 bits per heavy atom. The van der Waals surface area contributed by atoms with Crippen molar-refractivity contribution in [2.24, 2.45) is 11.3 Å². The summed E-state index contributed by atoms with van der Waals surface area (Å²) in [6, 6.07) is 20.7. The molecule has 25 heavy (non-hydrogen) atoms. The summed E-state index contributed by atoms with van der Waals surface area (Å²) in [6.45, 7) is 6.77. The van der Waals surface area contributed by atoms with Gasteiger partial charge in [0.15, 0.2) is 0 Å². The Morgan fingerprint density at radius 3 is 1.96 bits per heavy atom. The Morgan fingerprint density at radius 1 is 1.00 bits per heavy atom. The highest BCUT2D eigenvalue weighted by Gasteiger charge is 2.41. The molecule has 0 aliphatic carbocycles. The molecule has 0 amide bonds. The largest absolute Gasteiger partial charge is 0.462 e.